The van der Waals surface area contributed by atoms with E-state index in [9.17, 15) is 0 Å². The predicted octanol–water partition coefficient (Wildman–Crippen LogP) is 2.55. The van der Waals surface area contributed by atoms with E-state index >= 15 is 0 Å². The monoisotopic (exact) mass is 226 g/mol. The lowest BCUT2D eigenvalue weighted by Crippen LogP contribution is -2.35. The van der Waals surface area contributed by atoms with Crippen LogP contribution in [0.4, 0.5) is 0 Å². The van der Waals surface area contributed by atoms with Gasteiger partial charge in [0.1, 0.15) is 0 Å². The molecule has 0 aromatic carbocycles. The highest BCUT2D eigenvalue weighted by atomic mass is 32.1. The molecule has 1 aromatic rings. The second-order valence-electron chi connectivity index (χ2n) is 4.67. The lowest BCUT2D eigenvalue weighted by Gasteiger charge is -2.21. The summed E-state index contributed by atoms with van der Waals surface area (Å²) in [5.74, 6) is 0.690. The third kappa shape index (κ3) is 5.30. The van der Waals surface area contributed by atoms with Crippen molar-refractivity contribution >= 4 is 11.3 Å². The molecule has 0 amide bonds. The lowest BCUT2D eigenvalue weighted by molar-refractivity contribution is 0.289. The van der Waals surface area contributed by atoms with Crippen LogP contribution in [0.15, 0.2) is 17.5 Å². The SMILES string of the molecule is CC(C)CC(N)CN(C)Cc1cccs1. The van der Waals surface area contributed by atoms with E-state index < -0.39 is 0 Å². The van der Waals surface area contributed by atoms with Gasteiger partial charge >= 0.3 is 0 Å². The molecule has 0 aliphatic heterocycles. The minimum atomic E-state index is 0.301. The van der Waals surface area contributed by atoms with E-state index in [0.717, 1.165) is 19.5 Å². The van der Waals surface area contributed by atoms with Crippen molar-refractivity contribution in [3.05, 3.63) is 22.4 Å². The summed E-state index contributed by atoms with van der Waals surface area (Å²) in [6.07, 6.45) is 1.11. The number of nitrogens with two attached hydrogens (primary N) is 1. The average Bonchev–Trinajstić information content (AvgIpc) is 2.53. The first kappa shape index (κ1) is 12.7. The second kappa shape index (κ2) is 6.26. The zero-order valence-electron chi connectivity index (χ0n) is 9.94. The summed E-state index contributed by atoms with van der Waals surface area (Å²) in [4.78, 5) is 3.72. The van der Waals surface area contributed by atoms with E-state index in [0.29, 0.717) is 12.0 Å². The van der Waals surface area contributed by atoms with Gasteiger partial charge in [-0.25, -0.2) is 0 Å². The molecule has 0 aliphatic rings. The van der Waals surface area contributed by atoms with Gasteiger partial charge in [-0.3, -0.25) is 4.90 Å². The molecule has 2 nitrogen and oxygen atoms in total. The van der Waals surface area contributed by atoms with Crippen LogP contribution in [0.2, 0.25) is 0 Å². The van der Waals surface area contributed by atoms with Gasteiger partial charge in [0.25, 0.3) is 0 Å². The molecule has 1 aromatic heterocycles. The van der Waals surface area contributed by atoms with E-state index in [-0.39, 0.29) is 0 Å². The predicted molar refractivity (Wildman–Crippen MR) is 68.1 cm³/mol. The largest absolute Gasteiger partial charge is 0.327 e. The van der Waals surface area contributed by atoms with Crippen molar-refractivity contribution in [2.45, 2.75) is 32.9 Å². The standard InChI is InChI=1S/C12H22N2S/c1-10(2)7-11(13)8-14(3)9-12-5-4-6-15-12/h4-6,10-11H,7-9,13H2,1-3H3. The van der Waals surface area contributed by atoms with Crippen LogP contribution in [0.5, 0.6) is 0 Å². The molecular weight excluding hydrogens is 204 g/mol. The van der Waals surface area contributed by atoms with Crippen molar-refractivity contribution < 1.29 is 0 Å². The summed E-state index contributed by atoms with van der Waals surface area (Å²) in [7, 11) is 2.14. The number of hydrogen-bond acceptors (Lipinski definition) is 3. The Morgan fingerprint density at radius 3 is 2.73 bits per heavy atom. The molecule has 0 saturated heterocycles. The first-order valence-electron chi connectivity index (χ1n) is 5.54. The van der Waals surface area contributed by atoms with Crippen molar-refractivity contribution in [3.8, 4) is 0 Å². The summed E-state index contributed by atoms with van der Waals surface area (Å²) in [6.45, 7) is 6.44. The number of hydrogen-bond donors (Lipinski definition) is 1. The van der Waals surface area contributed by atoms with E-state index in [2.05, 4.69) is 43.3 Å². The third-order valence-corrected chi connectivity index (χ3v) is 3.19. The summed E-state index contributed by atoms with van der Waals surface area (Å²) in [6, 6.07) is 4.58. The van der Waals surface area contributed by atoms with Crippen molar-refractivity contribution in [1.29, 1.82) is 0 Å². The fraction of sp³-hybridized carbons (Fsp3) is 0.667. The number of nitrogens with zero attached hydrogens (tertiary/aromatic N) is 1. The second-order valence-corrected chi connectivity index (χ2v) is 5.70. The lowest BCUT2D eigenvalue weighted by atomic mass is 10.0. The van der Waals surface area contributed by atoms with Crippen LogP contribution in [0.25, 0.3) is 0 Å². The Labute approximate surface area is 97.1 Å². The highest BCUT2D eigenvalue weighted by Gasteiger charge is 2.09. The molecule has 0 aliphatic carbocycles. The van der Waals surface area contributed by atoms with E-state index in [1.807, 2.05) is 11.3 Å². The zero-order chi connectivity index (χ0) is 11.3. The first-order chi connectivity index (χ1) is 7.08. The van der Waals surface area contributed by atoms with E-state index in [1.54, 1.807) is 0 Å². The summed E-state index contributed by atoms with van der Waals surface area (Å²) >= 11 is 1.81. The third-order valence-electron chi connectivity index (χ3n) is 2.33. The molecule has 1 atom stereocenters. The van der Waals surface area contributed by atoms with Crippen molar-refractivity contribution in [1.82, 2.24) is 4.90 Å². The average molecular weight is 226 g/mol. The molecule has 0 saturated carbocycles. The quantitative estimate of drug-likeness (QED) is 0.808. The fourth-order valence-corrected chi connectivity index (χ4v) is 2.60. The molecule has 0 radical (unpaired) electrons. The Balaban J connectivity index is 2.26. The number of rotatable bonds is 6. The Bertz CT molecular complexity index is 257. The zero-order valence-corrected chi connectivity index (χ0v) is 10.8. The molecule has 3 heteroatoms. The first-order valence-corrected chi connectivity index (χ1v) is 6.42. The van der Waals surface area contributed by atoms with Crippen LogP contribution in [0.1, 0.15) is 25.1 Å². The van der Waals surface area contributed by atoms with Gasteiger partial charge < -0.3 is 5.73 Å². The molecule has 2 N–H and O–H groups in total. The fourth-order valence-electron chi connectivity index (χ4n) is 1.81. The van der Waals surface area contributed by atoms with Crippen molar-refractivity contribution in [2.24, 2.45) is 11.7 Å². The normalized spacial score (nSPS) is 13.7. The van der Waals surface area contributed by atoms with Crippen LogP contribution in [-0.4, -0.2) is 24.5 Å². The Hall–Kier alpha value is -0.380. The molecule has 1 rings (SSSR count). The molecule has 15 heavy (non-hydrogen) atoms. The number of thiophene rings is 1. The molecule has 1 heterocycles. The molecular formula is C12H22N2S. The van der Waals surface area contributed by atoms with E-state index in [1.165, 1.54) is 4.88 Å². The van der Waals surface area contributed by atoms with Crippen LogP contribution in [-0.2, 0) is 6.54 Å². The highest BCUT2D eigenvalue weighted by molar-refractivity contribution is 7.09. The van der Waals surface area contributed by atoms with Gasteiger partial charge in [0.05, 0.1) is 0 Å². The van der Waals surface area contributed by atoms with Gasteiger partial charge in [-0.05, 0) is 30.8 Å². The van der Waals surface area contributed by atoms with Crippen molar-refractivity contribution in [2.75, 3.05) is 13.6 Å². The Kier molecular flexibility index (Phi) is 5.29. The van der Waals surface area contributed by atoms with Gasteiger partial charge in [0.2, 0.25) is 0 Å². The maximum atomic E-state index is 6.07. The van der Waals surface area contributed by atoms with Crippen LogP contribution in [0, 0.1) is 5.92 Å². The Morgan fingerprint density at radius 2 is 2.20 bits per heavy atom. The summed E-state index contributed by atoms with van der Waals surface area (Å²) in [5.41, 5.74) is 6.07. The van der Waals surface area contributed by atoms with Gasteiger partial charge in [-0.2, -0.15) is 0 Å². The van der Waals surface area contributed by atoms with E-state index in [4.69, 9.17) is 5.73 Å². The van der Waals surface area contributed by atoms with Gasteiger partial charge in [0, 0.05) is 24.0 Å². The maximum Gasteiger partial charge on any atom is 0.0325 e. The summed E-state index contributed by atoms with van der Waals surface area (Å²) in [5, 5.41) is 2.12. The minimum absolute atomic E-state index is 0.301. The van der Waals surface area contributed by atoms with Crippen LogP contribution in [0.3, 0.4) is 0 Å². The molecule has 0 spiro atoms. The Morgan fingerprint density at radius 1 is 1.47 bits per heavy atom. The molecule has 86 valence electrons. The maximum absolute atomic E-state index is 6.07. The topological polar surface area (TPSA) is 29.3 Å². The van der Waals surface area contributed by atoms with Crippen LogP contribution < -0.4 is 5.73 Å². The smallest absolute Gasteiger partial charge is 0.0325 e. The highest BCUT2D eigenvalue weighted by Crippen LogP contribution is 2.11. The molecule has 0 bridgehead atoms. The van der Waals surface area contributed by atoms with Crippen molar-refractivity contribution in [3.63, 3.8) is 0 Å². The number of likely N-dealkylation sites (N-methyl/N-ethyl adjacent to an activating group) is 1. The molecule has 1 unspecified atom stereocenters. The van der Waals surface area contributed by atoms with Gasteiger partial charge in [0.15, 0.2) is 0 Å². The minimum Gasteiger partial charge on any atom is -0.327 e. The summed E-state index contributed by atoms with van der Waals surface area (Å²) < 4.78 is 0. The molecule has 0 fully saturated rings. The van der Waals surface area contributed by atoms with Crippen LogP contribution >= 0.6 is 11.3 Å². The van der Waals surface area contributed by atoms with Gasteiger partial charge in [-0.15, -0.1) is 11.3 Å². The van der Waals surface area contributed by atoms with Gasteiger partial charge in [-0.1, -0.05) is 19.9 Å².